The Bertz CT molecular complexity index is 1540. The summed E-state index contributed by atoms with van der Waals surface area (Å²) in [5, 5.41) is 2.71. The van der Waals surface area contributed by atoms with E-state index in [9.17, 15) is 12.8 Å². The number of halogens is 1. The van der Waals surface area contributed by atoms with Crippen molar-refractivity contribution in [2.45, 2.75) is 44.1 Å². The Morgan fingerprint density at radius 3 is 2.51 bits per heavy atom. The molecule has 41 heavy (non-hydrogen) atoms. The van der Waals surface area contributed by atoms with Crippen molar-refractivity contribution < 1.29 is 19.1 Å². The zero-order chi connectivity index (χ0) is 28.7. The molecule has 2 heterocycles. The lowest BCUT2D eigenvalue weighted by molar-refractivity contribution is -0.185. The Morgan fingerprint density at radius 1 is 1.05 bits per heavy atom. The van der Waals surface area contributed by atoms with Gasteiger partial charge < -0.3 is 0 Å². The average Bonchev–Trinajstić information content (AvgIpc) is 3.52. The number of rotatable bonds is 10. The largest absolute Gasteiger partial charge is 0.296 e. The summed E-state index contributed by atoms with van der Waals surface area (Å²) in [4.78, 5) is 12.7. The Kier molecular flexibility index (Phi) is 9.61. The minimum Gasteiger partial charge on any atom is -0.296 e. The van der Waals surface area contributed by atoms with Gasteiger partial charge >= 0.3 is 0 Å². The van der Waals surface area contributed by atoms with Gasteiger partial charge in [-0.25, -0.2) is 12.8 Å². The van der Waals surface area contributed by atoms with Gasteiger partial charge in [-0.1, -0.05) is 54.1 Å². The number of sulfonamides is 1. The summed E-state index contributed by atoms with van der Waals surface area (Å²) in [5.41, 5.74) is 3.98. The number of hydrogen-bond donors (Lipinski definition) is 1. The number of piperazine rings is 1. The fraction of sp³-hybridized carbons (Fsp3) is 0.344. The second kappa shape index (κ2) is 13.5. The van der Waals surface area contributed by atoms with Crippen molar-refractivity contribution >= 4 is 26.6 Å². The summed E-state index contributed by atoms with van der Waals surface area (Å²) >= 11 is 0. The van der Waals surface area contributed by atoms with E-state index in [1.54, 1.807) is 43.5 Å². The third-order valence-electron chi connectivity index (χ3n) is 7.56. The lowest BCUT2D eigenvalue weighted by Gasteiger charge is -2.34. The van der Waals surface area contributed by atoms with Gasteiger partial charge in [-0.2, -0.15) is 5.06 Å². The van der Waals surface area contributed by atoms with E-state index in [-0.39, 0.29) is 12.1 Å². The molecule has 0 radical (unpaired) electrons. The van der Waals surface area contributed by atoms with Crippen LogP contribution in [-0.2, 0) is 21.5 Å². The van der Waals surface area contributed by atoms with Gasteiger partial charge in [0.1, 0.15) is 10.7 Å². The van der Waals surface area contributed by atoms with Crippen LogP contribution in [0.25, 0.3) is 10.9 Å². The van der Waals surface area contributed by atoms with Crippen LogP contribution in [0.3, 0.4) is 0 Å². The summed E-state index contributed by atoms with van der Waals surface area (Å²) in [6, 6.07) is 15.9. The summed E-state index contributed by atoms with van der Waals surface area (Å²) in [5.74, 6) is -0.155. The number of pyridine rings is 1. The molecule has 1 saturated carbocycles. The van der Waals surface area contributed by atoms with Crippen molar-refractivity contribution in [3.05, 3.63) is 102 Å². The van der Waals surface area contributed by atoms with Gasteiger partial charge in [0, 0.05) is 57.0 Å². The average molecular weight is 579 g/mol. The van der Waals surface area contributed by atoms with Crippen LogP contribution in [-0.4, -0.2) is 56.1 Å². The molecule has 1 aliphatic carbocycles. The second-order valence-corrected chi connectivity index (χ2v) is 12.1. The smallest absolute Gasteiger partial charge is 0.264 e. The molecule has 1 N–H and O–H groups in total. The summed E-state index contributed by atoms with van der Waals surface area (Å²) in [6.07, 6.45) is 11.9. The van der Waals surface area contributed by atoms with E-state index < -0.39 is 10.0 Å². The number of hydroxylamine groups is 2. The number of para-hydroxylation sites is 1. The topological polar surface area (TPSA) is 74.8 Å². The normalized spacial score (nSPS) is 17.8. The van der Waals surface area contributed by atoms with Crippen molar-refractivity contribution in [2.75, 3.05) is 37.4 Å². The van der Waals surface area contributed by atoms with Crippen LogP contribution < -0.4 is 4.72 Å². The van der Waals surface area contributed by atoms with Gasteiger partial charge in [0.2, 0.25) is 0 Å². The van der Waals surface area contributed by atoms with Crippen molar-refractivity contribution in [1.29, 1.82) is 0 Å². The van der Waals surface area contributed by atoms with Gasteiger partial charge in [-0.3, -0.25) is 19.4 Å². The lowest BCUT2D eigenvalue weighted by atomic mass is 10.1. The summed E-state index contributed by atoms with van der Waals surface area (Å²) in [6.45, 7) is 5.72. The number of allylic oxidation sites excluding steroid dienone is 4. The summed E-state index contributed by atoms with van der Waals surface area (Å²) in [7, 11) is -3.80. The van der Waals surface area contributed by atoms with E-state index in [1.165, 1.54) is 24.5 Å². The first-order chi connectivity index (χ1) is 19.9. The Morgan fingerprint density at radius 2 is 1.78 bits per heavy atom. The number of benzene rings is 2. The van der Waals surface area contributed by atoms with E-state index in [1.807, 2.05) is 35.4 Å². The number of aromatic nitrogens is 1. The minimum atomic E-state index is -3.80. The third-order valence-corrected chi connectivity index (χ3v) is 8.97. The molecule has 1 aliphatic heterocycles. The quantitative estimate of drug-likeness (QED) is 0.272. The Hall–Kier alpha value is -3.37. The number of nitrogens with zero attached hydrogens (tertiary/aromatic N) is 3. The zero-order valence-electron chi connectivity index (χ0n) is 23.4. The standard InChI is InChI=1S/C32H37FN4O3S.H2/c1-2-30(33)28(15-12-25-7-3-4-8-25)23-36-19-21-37(22-20-36)40-24-26-13-16-29(17-14-26)35-41(38,39)31-11-5-9-27-10-6-18-34-32(27)31;/h2,5-6,9-18,35H,3-4,7-8,19-24H2,1H3;1H/b28-15-,30-2+;. The molecule has 218 valence electrons. The molecule has 3 aromatic rings. The van der Waals surface area contributed by atoms with Crippen LogP contribution in [0.4, 0.5) is 10.1 Å². The Labute approximate surface area is 243 Å². The number of nitrogens with one attached hydrogen (secondary N) is 1. The second-order valence-electron chi connectivity index (χ2n) is 10.5. The third kappa shape index (κ3) is 7.68. The van der Waals surface area contributed by atoms with Crippen LogP contribution in [0.1, 0.15) is 39.6 Å². The molecule has 2 aromatic carbocycles. The highest BCUT2D eigenvalue weighted by atomic mass is 32.2. The highest BCUT2D eigenvalue weighted by Crippen LogP contribution is 2.25. The first-order valence-electron chi connectivity index (χ1n) is 14.2. The van der Waals surface area contributed by atoms with Crippen LogP contribution in [0, 0.1) is 0 Å². The van der Waals surface area contributed by atoms with E-state index in [0.717, 1.165) is 55.5 Å². The van der Waals surface area contributed by atoms with E-state index >= 15 is 0 Å². The first kappa shape index (κ1) is 29.1. The molecule has 0 amide bonds. The summed E-state index contributed by atoms with van der Waals surface area (Å²) < 4.78 is 43.3. The van der Waals surface area contributed by atoms with Crippen molar-refractivity contribution in [2.24, 2.45) is 0 Å². The molecule has 0 spiro atoms. The van der Waals surface area contributed by atoms with Crippen molar-refractivity contribution in [3.63, 3.8) is 0 Å². The Balaban J connectivity index is 0.00000405. The van der Waals surface area contributed by atoms with Crippen molar-refractivity contribution in [1.82, 2.24) is 14.9 Å². The molecule has 0 bridgehead atoms. The van der Waals surface area contributed by atoms with Crippen LogP contribution in [0.5, 0.6) is 0 Å². The first-order valence-corrected chi connectivity index (χ1v) is 15.7. The van der Waals surface area contributed by atoms with Crippen LogP contribution in [0.15, 0.2) is 101 Å². The molecule has 9 heteroatoms. The monoisotopic (exact) mass is 578 g/mol. The molecule has 2 fully saturated rings. The fourth-order valence-corrected chi connectivity index (χ4v) is 6.44. The fourth-order valence-electron chi connectivity index (χ4n) is 5.20. The van der Waals surface area contributed by atoms with Gasteiger partial charge in [0.15, 0.2) is 0 Å². The molecule has 2 aliphatic rings. The van der Waals surface area contributed by atoms with Gasteiger partial charge in [0.05, 0.1) is 12.1 Å². The predicted octanol–water partition coefficient (Wildman–Crippen LogP) is 6.63. The SMILES string of the molecule is C/C=C(F)\C(=C/C=C1CCCC1)CN1CCN(OCc2ccc(NS(=O)(=O)c3cccc4cccnc34)cc2)CC1.[HH]. The maximum absolute atomic E-state index is 14.5. The van der Waals surface area contributed by atoms with Gasteiger partial charge in [-0.15, -0.1) is 0 Å². The van der Waals surface area contributed by atoms with E-state index in [2.05, 4.69) is 20.7 Å². The highest BCUT2D eigenvalue weighted by Gasteiger charge is 2.20. The molecule has 1 saturated heterocycles. The number of hydrogen-bond acceptors (Lipinski definition) is 6. The van der Waals surface area contributed by atoms with Gasteiger partial charge in [-0.05, 0) is 62.4 Å². The predicted molar refractivity (Wildman–Crippen MR) is 163 cm³/mol. The zero-order valence-corrected chi connectivity index (χ0v) is 24.2. The highest BCUT2D eigenvalue weighted by molar-refractivity contribution is 7.93. The van der Waals surface area contributed by atoms with Crippen LogP contribution >= 0.6 is 0 Å². The molecular formula is C32H39FN4O3S. The molecule has 5 rings (SSSR count). The number of fused-ring (bicyclic) bond motifs is 1. The maximum Gasteiger partial charge on any atom is 0.264 e. The molecule has 0 atom stereocenters. The van der Waals surface area contributed by atoms with Gasteiger partial charge in [0.25, 0.3) is 10.0 Å². The minimum absolute atomic E-state index is 0. The van der Waals surface area contributed by atoms with Crippen molar-refractivity contribution in [3.8, 4) is 0 Å². The molecular weight excluding hydrogens is 539 g/mol. The maximum atomic E-state index is 14.5. The molecule has 7 nitrogen and oxygen atoms in total. The molecule has 1 aromatic heterocycles. The van der Waals surface area contributed by atoms with E-state index in [0.29, 0.717) is 24.4 Å². The lowest BCUT2D eigenvalue weighted by Crippen LogP contribution is -2.46. The molecule has 0 unspecified atom stereocenters. The number of anilines is 1. The van der Waals surface area contributed by atoms with Crippen LogP contribution in [0.2, 0.25) is 0 Å². The van der Waals surface area contributed by atoms with E-state index in [4.69, 9.17) is 4.84 Å².